The largest absolute Gasteiger partial charge is 0.489 e. The predicted octanol–water partition coefficient (Wildman–Crippen LogP) is 3.80. The number of benzene rings is 3. The van der Waals surface area contributed by atoms with Crippen molar-refractivity contribution in [2.45, 2.75) is 25.9 Å². The van der Waals surface area contributed by atoms with E-state index in [1.807, 2.05) is 0 Å². The average molecular weight is 509 g/mol. The molecule has 0 aliphatic carbocycles. The quantitative estimate of drug-likeness (QED) is 0.391. The normalized spacial score (nSPS) is 11.3. The number of hydrogen-bond acceptors (Lipinski definition) is 4. The van der Waals surface area contributed by atoms with Gasteiger partial charge < -0.3 is 10.5 Å². The Morgan fingerprint density at radius 1 is 0.838 bits per heavy atom. The number of primary amides is 1. The van der Waals surface area contributed by atoms with Crippen LogP contribution in [0.25, 0.3) is 0 Å². The minimum atomic E-state index is -4.47. The van der Waals surface area contributed by atoms with Crippen molar-refractivity contribution in [1.82, 2.24) is 9.13 Å². The van der Waals surface area contributed by atoms with Gasteiger partial charge in [0.1, 0.15) is 12.4 Å². The first-order valence-electron chi connectivity index (χ1n) is 11.2. The van der Waals surface area contributed by atoms with Crippen molar-refractivity contribution in [3.05, 3.63) is 134 Å². The van der Waals surface area contributed by atoms with Crippen LogP contribution in [0.1, 0.15) is 32.6 Å². The highest BCUT2D eigenvalue weighted by molar-refractivity contribution is 5.94. The standard InChI is InChI=1S/C27H22F3N3O4/c28-27(29,30)21-9-5-19(6-10-21)16-33-24(34)13-14-32(26(33)36)15-18-7-11-22(12-8-18)37-17-20-3-1-2-4-23(20)25(31)35/h1-14H,15-17H2,(H2,31,35). The molecule has 7 nitrogen and oxygen atoms in total. The smallest absolute Gasteiger partial charge is 0.416 e. The minimum absolute atomic E-state index is 0.146. The lowest BCUT2D eigenvalue weighted by atomic mass is 10.1. The van der Waals surface area contributed by atoms with Crippen LogP contribution in [0, 0.1) is 0 Å². The van der Waals surface area contributed by atoms with Crippen LogP contribution in [-0.4, -0.2) is 15.0 Å². The highest BCUT2D eigenvalue weighted by atomic mass is 19.4. The molecule has 0 fully saturated rings. The fourth-order valence-corrected chi connectivity index (χ4v) is 3.74. The van der Waals surface area contributed by atoms with E-state index in [0.717, 1.165) is 22.3 Å². The highest BCUT2D eigenvalue weighted by Gasteiger charge is 2.29. The molecule has 1 amide bonds. The third-order valence-corrected chi connectivity index (χ3v) is 5.72. The lowest BCUT2D eigenvalue weighted by molar-refractivity contribution is -0.137. The molecular weight excluding hydrogens is 487 g/mol. The molecule has 0 saturated heterocycles. The average Bonchev–Trinajstić information content (AvgIpc) is 2.87. The van der Waals surface area contributed by atoms with E-state index < -0.39 is 28.9 Å². The number of amides is 1. The summed E-state index contributed by atoms with van der Waals surface area (Å²) in [7, 11) is 0. The second-order valence-electron chi connectivity index (χ2n) is 8.30. The van der Waals surface area contributed by atoms with E-state index in [9.17, 15) is 27.6 Å². The zero-order valence-corrected chi connectivity index (χ0v) is 19.4. The zero-order valence-electron chi connectivity index (χ0n) is 19.4. The molecule has 0 unspecified atom stereocenters. The summed E-state index contributed by atoms with van der Waals surface area (Å²) in [4.78, 5) is 36.8. The van der Waals surface area contributed by atoms with Crippen LogP contribution in [0.3, 0.4) is 0 Å². The number of nitrogens with two attached hydrogens (primary N) is 1. The van der Waals surface area contributed by atoms with Crippen molar-refractivity contribution < 1.29 is 22.7 Å². The number of rotatable bonds is 8. The Morgan fingerprint density at radius 2 is 1.46 bits per heavy atom. The Bertz CT molecular complexity index is 1520. The van der Waals surface area contributed by atoms with E-state index in [2.05, 4.69) is 0 Å². The predicted molar refractivity (Wildman–Crippen MR) is 130 cm³/mol. The Hall–Kier alpha value is -4.60. The summed E-state index contributed by atoms with van der Waals surface area (Å²) < 4.78 is 46.4. The highest BCUT2D eigenvalue weighted by Crippen LogP contribution is 2.29. The van der Waals surface area contributed by atoms with Crippen molar-refractivity contribution in [3.8, 4) is 5.75 Å². The summed E-state index contributed by atoms with van der Waals surface area (Å²) in [6, 6.07) is 19.4. The molecular formula is C27H22F3N3O4. The Balaban J connectivity index is 1.46. The van der Waals surface area contributed by atoms with Crippen LogP contribution < -0.4 is 21.7 Å². The molecule has 3 aromatic carbocycles. The monoisotopic (exact) mass is 509 g/mol. The van der Waals surface area contributed by atoms with E-state index in [1.165, 1.54) is 29.0 Å². The molecule has 0 atom stereocenters. The molecule has 1 aromatic heterocycles. The van der Waals surface area contributed by atoms with E-state index in [0.29, 0.717) is 22.4 Å². The van der Waals surface area contributed by atoms with Crippen LogP contribution in [0.5, 0.6) is 5.75 Å². The maximum Gasteiger partial charge on any atom is 0.416 e. The van der Waals surface area contributed by atoms with E-state index in [-0.39, 0.29) is 19.7 Å². The summed E-state index contributed by atoms with van der Waals surface area (Å²) in [5, 5.41) is 0. The minimum Gasteiger partial charge on any atom is -0.489 e. The molecule has 190 valence electrons. The molecule has 4 aromatic rings. The molecule has 0 saturated carbocycles. The Morgan fingerprint density at radius 3 is 2.11 bits per heavy atom. The molecule has 37 heavy (non-hydrogen) atoms. The molecule has 10 heteroatoms. The number of hydrogen-bond donors (Lipinski definition) is 1. The first-order chi connectivity index (χ1) is 17.6. The van der Waals surface area contributed by atoms with Gasteiger partial charge in [0.25, 0.3) is 5.56 Å². The van der Waals surface area contributed by atoms with Gasteiger partial charge >= 0.3 is 11.9 Å². The summed E-state index contributed by atoms with van der Waals surface area (Å²) in [6.45, 7) is 0.153. The third-order valence-electron chi connectivity index (χ3n) is 5.72. The fourth-order valence-electron chi connectivity index (χ4n) is 3.74. The van der Waals surface area contributed by atoms with Crippen LogP contribution in [-0.2, 0) is 25.9 Å². The van der Waals surface area contributed by atoms with E-state index >= 15 is 0 Å². The first-order valence-corrected chi connectivity index (χ1v) is 11.2. The molecule has 0 spiro atoms. The summed E-state index contributed by atoms with van der Waals surface area (Å²) in [5.74, 6) is 0.00212. The first kappa shape index (κ1) is 25.5. The van der Waals surface area contributed by atoms with E-state index in [1.54, 1.807) is 48.5 Å². The van der Waals surface area contributed by atoms with Gasteiger partial charge in [-0.3, -0.25) is 18.7 Å². The number of aromatic nitrogens is 2. The van der Waals surface area contributed by atoms with Crippen molar-refractivity contribution in [2.75, 3.05) is 0 Å². The number of carbonyl (C=O) groups excluding carboxylic acids is 1. The SMILES string of the molecule is NC(=O)c1ccccc1COc1ccc(Cn2ccc(=O)n(Cc3ccc(C(F)(F)F)cc3)c2=O)cc1. The zero-order chi connectivity index (χ0) is 26.6. The van der Waals surface area contributed by atoms with Crippen LogP contribution in [0.15, 0.2) is 94.6 Å². The maximum absolute atomic E-state index is 12.9. The Labute approximate surface area is 209 Å². The second kappa shape index (κ2) is 10.6. The van der Waals surface area contributed by atoms with Gasteiger partial charge in [-0.05, 0) is 41.5 Å². The summed E-state index contributed by atoms with van der Waals surface area (Å²) in [6.07, 6.45) is -3.09. The lowest BCUT2D eigenvalue weighted by Crippen LogP contribution is -2.39. The van der Waals surface area contributed by atoms with Gasteiger partial charge in [0.15, 0.2) is 0 Å². The van der Waals surface area contributed by atoms with Gasteiger partial charge in [0.05, 0.1) is 18.7 Å². The maximum atomic E-state index is 12.9. The number of ether oxygens (including phenoxy) is 1. The number of alkyl halides is 3. The van der Waals surface area contributed by atoms with Crippen molar-refractivity contribution in [2.24, 2.45) is 5.73 Å². The number of halogens is 3. The lowest BCUT2D eigenvalue weighted by Gasteiger charge is -2.12. The summed E-state index contributed by atoms with van der Waals surface area (Å²) in [5.41, 5.74) is 5.62. The van der Waals surface area contributed by atoms with Gasteiger partial charge in [0.2, 0.25) is 5.91 Å². The number of nitrogens with zero attached hydrogens (tertiary/aromatic N) is 2. The molecule has 4 rings (SSSR count). The molecule has 2 N–H and O–H groups in total. The van der Waals surface area contributed by atoms with Gasteiger partial charge in [-0.2, -0.15) is 13.2 Å². The van der Waals surface area contributed by atoms with Crippen molar-refractivity contribution in [3.63, 3.8) is 0 Å². The van der Waals surface area contributed by atoms with Gasteiger partial charge in [-0.1, -0.05) is 42.5 Å². The molecule has 0 aliphatic heterocycles. The molecule has 1 heterocycles. The van der Waals surface area contributed by atoms with Crippen molar-refractivity contribution in [1.29, 1.82) is 0 Å². The second-order valence-corrected chi connectivity index (χ2v) is 8.30. The molecule has 0 aliphatic rings. The van der Waals surface area contributed by atoms with Gasteiger partial charge in [-0.15, -0.1) is 0 Å². The Kier molecular flexibility index (Phi) is 7.28. The van der Waals surface area contributed by atoms with Gasteiger partial charge in [-0.25, -0.2) is 4.79 Å². The third kappa shape index (κ3) is 6.16. The fraction of sp³-hybridized carbons (Fsp3) is 0.148. The van der Waals surface area contributed by atoms with Crippen molar-refractivity contribution >= 4 is 5.91 Å². The van der Waals surface area contributed by atoms with Crippen LogP contribution in [0.4, 0.5) is 13.2 Å². The summed E-state index contributed by atoms with van der Waals surface area (Å²) >= 11 is 0. The van der Waals surface area contributed by atoms with Crippen LogP contribution >= 0.6 is 0 Å². The number of carbonyl (C=O) groups is 1. The van der Waals surface area contributed by atoms with E-state index in [4.69, 9.17) is 10.5 Å². The van der Waals surface area contributed by atoms with Gasteiger partial charge in [0, 0.05) is 23.4 Å². The molecule has 0 bridgehead atoms. The van der Waals surface area contributed by atoms with Crippen LogP contribution in [0.2, 0.25) is 0 Å². The molecule has 0 radical (unpaired) electrons. The topological polar surface area (TPSA) is 96.3 Å².